The van der Waals surface area contributed by atoms with Gasteiger partial charge in [0.2, 0.25) is 0 Å². The van der Waals surface area contributed by atoms with Crippen LogP contribution in [0.15, 0.2) is 36.1 Å². The second-order valence-electron chi connectivity index (χ2n) is 7.33. The Morgan fingerprint density at radius 3 is 2.50 bits per heavy atom. The maximum absolute atomic E-state index is 12.5. The number of ketones is 1. The number of esters is 1. The third-order valence-corrected chi connectivity index (χ3v) is 5.97. The number of fused-ring (bicyclic) bond motifs is 2. The van der Waals surface area contributed by atoms with Gasteiger partial charge < -0.3 is 9.94 Å². The van der Waals surface area contributed by atoms with Crippen molar-refractivity contribution in [1.82, 2.24) is 0 Å². The number of benzene rings is 1. The highest BCUT2D eigenvalue weighted by atomic mass is 16.8. The SMILES string of the molecule is CC1(C)[C@@H]2CC[C@@]1(C)C(=O)C=C2OC(=O)c1ccc([NH+]([O-])O)cc1. The number of hydrogen-bond donors (Lipinski definition) is 2. The van der Waals surface area contributed by atoms with Gasteiger partial charge in [0, 0.05) is 29.5 Å². The van der Waals surface area contributed by atoms with Crippen LogP contribution >= 0.6 is 0 Å². The van der Waals surface area contributed by atoms with Gasteiger partial charge in [-0.1, -0.05) is 20.8 Å². The number of carbonyl (C=O) groups is 2. The number of ether oxygens (including phenoxy) is 1. The highest BCUT2D eigenvalue weighted by molar-refractivity contribution is 5.98. The minimum absolute atomic E-state index is 0.00488. The molecule has 24 heavy (non-hydrogen) atoms. The van der Waals surface area contributed by atoms with E-state index in [-0.39, 0.29) is 28.4 Å². The number of nitrogens with one attached hydrogen (secondary N) is 1. The van der Waals surface area contributed by atoms with Gasteiger partial charge in [-0.15, -0.1) is 0 Å². The van der Waals surface area contributed by atoms with E-state index in [9.17, 15) is 14.8 Å². The van der Waals surface area contributed by atoms with Gasteiger partial charge in [-0.05, 0) is 30.4 Å². The Morgan fingerprint density at radius 2 is 1.92 bits per heavy atom. The summed E-state index contributed by atoms with van der Waals surface area (Å²) in [6, 6.07) is 5.55. The zero-order valence-electron chi connectivity index (χ0n) is 14.0. The number of hydrogen-bond acceptors (Lipinski definition) is 5. The maximum Gasteiger partial charge on any atom is 0.343 e. The van der Waals surface area contributed by atoms with Gasteiger partial charge in [0.05, 0.1) is 5.56 Å². The molecule has 2 bridgehead atoms. The molecule has 1 aromatic carbocycles. The van der Waals surface area contributed by atoms with E-state index in [1.807, 2.05) is 20.8 Å². The molecule has 1 fully saturated rings. The van der Waals surface area contributed by atoms with Crippen LogP contribution in [0.2, 0.25) is 0 Å². The van der Waals surface area contributed by atoms with Crippen LogP contribution in [0, 0.1) is 22.0 Å². The summed E-state index contributed by atoms with van der Waals surface area (Å²) in [5.41, 5.74) is -0.304. The highest BCUT2D eigenvalue weighted by Crippen LogP contribution is 2.61. The van der Waals surface area contributed by atoms with Crippen LogP contribution < -0.4 is 5.23 Å². The lowest BCUT2D eigenvalue weighted by Crippen LogP contribution is -2.99. The molecular formula is C18H21NO5. The fraction of sp³-hybridized carbons (Fsp3) is 0.444. The van der Waals surface area contributed by atoms with E-state index < -0.39 is 16.6 Å². The number of allylic oxidation sites excluding steroid dienone is 2. The second-order valence-corrected chi connectivity index (χ2v) is 7.33. The summed E-state index contributed by atoms with van der Waals surface area (Å²) in [5.74, 6) is -0.114. The lowest BCUT2D eigenvalue weighted by molar-refractivity contribution is -0.991. The van der Waals surface area contributed by atoms with E-state index in [1.54, 1.807) is 0 Å². The molecule has 3 rings (SSSR count). The molecule has 3 atom stereocenters. The third kappa shape index (κ3) is 2.38. The molecule has 2 aliphatic rings. The molecule has 0 aliphatic heterocycles. The van der Waals surface area contributed by atoms with Gasteiger partial charge in [0.25, 0.3) is 0 Å². The fourth-order valence-corrected chi connectivity index (χ4v) is 3.84. The Morgan fingerprint density at radius 1 is 1.29 bits per heavy atom. The molecule has 0 heterocycles. The maximum atomic E-state index is 12.5. The highest BCUT2D eigenvalue weighted by Gasteiger charge is 2.59. The largest absolute Gasteiger partial charge is 0.595 e. The molecule has 0 saturated heterocycles. The average Bonchev–Trinajstić information content (AvgIpc) is 2.68. The van der Waals surface area contributed by atoms with Gasteiger partial charge in [-0.25, -0.2) is 10.0 Å². The van der Waals surface area contributed by atoms with Crippen molar-refractivity contribution >= 4 is 17.4 Å². The van der Waals surface area contributed by atoms with Crippen LogP contribution in [0.4, 0.5) is 5.69 Å². The van der Waals surface area contributed by atoms with Crippen molar-refractivity contribution in [1.29, 1.82) is 0 Å². The van der Waals surface area contributed by atoms with Crippen LogP contribution in [0.25, 0.3) is 0 Å². The zero-order chi connectivity index (χ0) is 17.7. The first-order valence-electron chi connectivity index (χ1n) is 7.98. The number of rotatable bonds is 3. The van der Waals surface area contributed by atoms with Crippen molar-refractivity contribution in [2.45, 2.75) is 33.6 Å². The Bertz CT molecular complexity index is 719. The smallest absolute Gasteiger partial charge is 0.343 e. The first kappa shape index (κ1) is 16.8. The average molecular weight is 331 g/mol. The lowest BCUT2D eigenvalue weighted by Gasteiger charge is -2.43. The van der Waals surface area contributed by atoms with E-state index in [4.69, 9.17) is 9.94 Å². The summed E-state index contributed by atoms with van der Waals surface area (Å²) in [4.78, 5) is 24.8. The predicted molar refractivity (Wildman–Crippen MR) is 85.3 cm³/mol. The molecule has 0 amide bonds. The second kappa shape index (κ2) is 5.51. The number of carbonyl (C=O) groups excluding carboxylic acids is 2. The van der Waals surface area contributed by atoms with Gasteiger partial charge in [-0.2, -0.15) is 5.23 Å². The fourth-order valence-electron chi connectivity index (χ4n) is 3.84. The third-order valence-electron chi connectivity index (χ3n) is 5.97. The van der Waals surface area contributed by atoms with Crippen molar-refractivity contribution in [2.75, 3.05) is 0 Å². The van der Waals surface area contributed by atoms with E-state index in [1.165, 1.54) is 30.3 Å². The quantitative estimate of drug-likeness (QED) is 0.654. The van der Waals surface area contributed by atoms with E-state index in [2.05, 4.69) is 0 Å². The Balaban J connectivity index is 1.82. The van der Waals surface area contributed by atoms with Gasteiger partial charge >= 0.3 is 5.97 Å². The molecule has 1 unspecified atom stereocenters. The molecule has 0 spiro atoms. The van der Waals surface area contributed by atoms with Crippen molar-refractivity contribution in [3.63, 3.8) is 0 Å². The van der Waals surface area contributed by atoms with Gasteiger partial charge in [-0.3, -0.25) is 4.79 Å². The van der Waals surface area contributed by atoms with Gasteiger partial charge in [0.15, 0.2) is 11.5 Å². The summed E-state index contributed by atoms with van der Waals surface area (Å²) in [6.07, 6.45) is 3.06. The minimum Gasteiger partial charge on any atom is -0.595 e. The molecule has 6 nitrogen and oxygen atoms in total. The number of quaternary nitrogens is 1. The topological polar surface area (TPSA) is 91.1 Å². The van der Waals surface area contributed by atoms with Crippen molar-refractivity contribution in [3.8, 4) is 0 Å². The van der Waals surface area contributed by atoms with Crippen molar-refractivity contribution < 1.29 is 24.8 Å². The molecule has 128 valence electrons. The normalized spacial score (nSPS) is 29.1. The molecule has 1 saturated carbocycles. The summed E-state index contributed by atoms with van der Waals surface area (Å²) < 4.78 is 5.51. The molecular weight excluding hydrogens is 310 g/mol. The standard InChI is InChI=1S/C18H21NO5/c1-17(2)13-8-9-18(17,3)15(20)10-14(13)24-16(21)11-4-6-12(7-5-11)19(22)23/h4-7,10,13,19,22H,8-9H2,1-3H3/t13-,18+/m1/s1. The summed E-state index contributed by atoms with van der Waals surface area (Å²) >= 11 is 0. The van der Waals surface area contributed by atoms with Crippen LogP contribution in [-0.2, 0) is 9.53 Å². The first-order chi connectivity index (χ1) is 11.2. The Labute approximate surface area is 140 Å². The van der Waals surface area contributed by atoms with E-state index >= 15 is 0 Å². The summed E-state index contributed by atoms with van der Waals surface area (Å²) in [7, 11) is 0. The van der Waals surface area contributed by atoms with Crippen LogP contribution in [-0.4, -0.2) is 17.0 Å². The predicted octanol–water partition coefficient (Wildman–Crippen LogP) is 2.16. The Hall–Kier alpha value is -2.02. The summed E-state index contributed by atoms with van der Waals surface area (Å²) in [6.45, 7) is 6.07. The Kier molecular flexibility index (Phi) is 3.86. The molecule has 0 aromatic heterocycles. The van der Waals surface area contributed by atoms with E-state index in [0.29, 0.717) is 5.76 Å². The minimum atomic E-state index is -1.05. The molecule has 0 radical (unpaired) electrons. The van der Waals surface area contributed by atoms with Crippen LogP contribution in [0.5, 0.6) is 0 Å². The van der Waals surface area contributed by atoms with Gasteiger partial charge in [0.1, 0.15) is 5.76 Å². The molecule has 2 N–H and O–H groups in total. The summed E-state index contributed by atoms with van der Waals surface area (Å²) in [5, 5.41) is 18.7. The van der Waals surface area contributed by atoms with E-state index in [0.717, 1.165) is 12.8 Å². The van der Waals surface area contributed by atoms with Crippen LogP contribution in [0.3, 0.4) is 0 Å². The van der Waals surface area contributed by atoms with Crippen LogP contribution in [0.1, 0.15) is 44.0 Å². The van der Waals surface area contributed by atoms with Crippen molar-refractivity contribution in [2.24, 2.45) is 16.7 Å². The molecule has 6 heteroatoms. The van der Waals surface area contributed by atoms with Crippen molar-refractivity contribution in [3.05, 3.63) is 46.9 Å². The molecule has 1 aromatic rings. The lowest BCUT2D eigenvalue weighted by atomic mass is 9.60. The monoisotopic (exact) mass is 331 g/mol. The zero-order valence-corrected chi connectivity index (χ0v) is 14.0. The molecule has 2 aliphatic carbocycles. The first-order valence-corrected chi connectivity index (χ1v) is 7.98.